The van der Waals surface area contributed by atoms with Crippen molar-refractivity contribution in [3.63, 3.8) is 0 Å². The molecule has 1 saturated heterocycles. The molecular formula is C16H24N6OS. The van der Waals surface area contributed by atoms with Crippen LogP contribution in [0.15, 0.2) is 23.8 Å². The summed E-state index contributed by atoms with van der Waals surface area (Å²) >= 11 is 1.66. The maximum Gasteiger partial charge on any atom is 0.237 e. The molecule has 2 aromatic heterocycles. The van der Waals surface area contributed by atoms with Crippen molar-refractivity contribution in [2.75, 3.05) is 13.1 Å². The molecule has 3 heterocycles. The summed E-state index contributed by atoms with van der Waals surface area (Å²) in [6.07, 6.45) is 2.36. The predicted molar refractivity (Wildman–Crippen MR) is 92.5 cm³/mol. The van der Waals surface area contributed by atoms with Gasteiger partial charge in [0.1, 0.15) is 6.33 Å². The van der Waals surface area contributed by atoms with Gasteiger partial charge < -0.3 is 5.32 Å². The Kier molecular flexibility index (Phi) is 4.96. The monoisotopic (exact) mass is 348 g/mol. The summed E-state index contributed by atoms with van der Waals surface area (Å²) < 4.78 is 1.77. The van der Waals surface area contributed by atoms with E-state index < -0.39 is 0 Å². The van der Waals surface area contributed by atoms with Crippen LogP contribution in [0.1, 0.15) is 38.1 Å². The maximum absolute atomic E-state index is 12.7. The molecule has 2 aromatic rings. The molecule has 130 valence electrons. The lowest BCUT2D eigenvalue weighted by Crippen LogP contribution is -2.45. The van der Waals surface area contributed by atoms with E-state index in [9.17, 15) is 4.79 Å². The van der Waals surface area contributed by atoms with Crippen LogP contribution in [0.4, 0.5) is 0 Å². The summed E-state index contributed by atoms with van der Waals surface area (Å²) in [4.78, 5) is 16.2. The minimum absolute atomic E-state index is 0.0863. The van der Waals surface area contributed by atoms with E-state index in [2.05, 4.69) is 46.5 Å². The predicted octanol–water partition coefficient (Wildman–Crippen LogP) is 1.71. The Balaban J connectivity index is 1.68. The van der Waals surface area contributed by atoms with Crippen LogP contribution >= 0.6 is 11.3 Å². The summed E-state index contributed by atoms with van der Waals surface area (Å²) in [7, 11) is 0. The molecule has 8 heteroatoms. The highest BCUT2D eigenvalue weighted by atomic mass is 32.1. The van der Waals surface area contributed by atoms with Gasteiger partial charge in [-0.05, 0) is 33.7 Å². The number of thiophene rings is 1. The summed E-state index contributed by atoms with van der Waals surface area (Å²) in [6.45, 7) is 8.82. The van der Waals surface area contributed by atoms with Gasteiger partial charge in [-0.2, -0.15) is 0 Å². The second kappa shape index (κ2) is 6.98. The van der Waals surface area contributed by atoms with Crippen LogP contribution in [0.5, 0.6) is 0 Å². The molecule has 0 unspecified atom stereocenters. The van der Waals surface area contributed by atoms with E-state index in [0.29, 0.717) is 6.54 Å². The first-order valence-electron chi connectivity index (χ1n) is 8.19. The van der Waals surface area contributed by atoms with E-state index in [4.69, 9.17) is 0 Å². The highest BCUT2D eigenvalue weighted by molar-refractivity contribution is 7.09. The normalized spacial score (nSPS) is 22.0. The minimum atomic E-state index is -0.140. The number of carbonyl (C=O) groups is 1. The molecule has 24 heavy (non-hydrogen) atoms. The van der Waals surface area contributed by atoms with Crippen molar-refractivity contribution in [3.8, 4) is 0 Å². The molecule has 1 aliphatic rings. The van der Waals surface area contributed by atoms with Crippen LogP contribution in [0.25, 0.3) is 0 Å². The second-order valence-corrected chi connectivity index (χ2v) is 8.51. The van der Waals surface area contributed by atoms with Crippen LogP contribution in [0.3, 0.4) is 0 Å². The Bertz CT molecular complexity index is 649. The van der Waals surface area contributed by atoms with Crippen LogP contribution < -0.4 is 5.32 Å². The lowest BCUT2D eigenvalue weighted by Gasteiger charge is -2.30. The van der Waals surface area contributed by atoms with Crippen LogP contribution in [0.2, 0.25) is 0 Å². The van der Waals surface area contributed by atoms with E-state index in [-0.39, 0.29) is 23.4 Å². The Morgan fingerprint density at radius 2 is 2.29 bits per heavy atom. The molecule has 3 rings (SSSR count). The number of tetrazole rings is 1. The fraction of sp³-hybridized carbons (Fsp3) is 0.625. The number of nitrogens with one attached hydrogen (secondary N) is 1. The van der Waals surface area contributed by atoms with Crippen LogP contribution in [-0.4, -0.2) is 50.1 Å². The molecule has 0 radical (unpaired) electrons. The third kappa shape index (κ3) is 4.18. The third-order valence-corrected chi connectivity index (χ3v) is 4.99. The van der Waals surface area contributed by atoms with Crippen LogP contribution in [0, 0.1) is 5.41 Å². The van der Waals surface area contributed by atoms with Gasteiger partial charge in [-0.25, -0.2) is 4.68 Å². The molecule has 1 N–H and O–H groups in total. The smallest absolute Gasteiger partial charge is 0.237 e. The molecule has 0 aliphatic carbocycles. The fourth-order valence-electron chi connectivity index (χ4n) is 3.17. The Hall–Kier alpha value is -1.80. The summed E-state index contributed by atoms with van der Waals surface area (Å²) in [6, 6.07) is 4.04. The van der Waals surface area contributed by atoms with Gasteiger partial charge in [-0.3, -0.25) is 9.69 Å². The Morgan fingerprint density at radius 3 is 2.92 bits per heavy atom. The van der Waals surface area contributed by atoms with Gasteiger partial charge in [0.2, 0.25) is 5.91 Å². The first kappa shape index (κ1) is 17.0. The standard InChI is InChI=1S/C16H24N6OS/c1-16(2,3)10-21-9-12(22-11-18-19-20-22)7-14(21)15(23)17-8-13-5-4-6-24-13/h4-6,11-12,14H,7-10H2,1-3H3,(H,17,23)/t12-,14+/m1/s1. The van der Waals surface area contributed by atoms with Crippen molar-refractivity contribution in [3.05, 3.63) is 28.7 Å². The van der Waals surface area contributed by atoms with Crippen molar-refractivity contribution in [1.82, 2.24) is 30.4 Å². The topological polar surface area (TPSA) is 75.9 Å². The van der Waals surface area contributed by atoms with Crippen molar-refractivity contribution >= 4 is 17.2 Å². The fourth-order valence-corrected chi connectivity index (χ4v) is 3.81. The number of hydrogen-bond donors (Lipinski definition) is 1. The number of nitrogens with zero attached hydrogens (tertiary/aromatic N) is 5. The van der Waals surface area contributed by atoms with Gasteiger partial charge in [0.05, 0.1) is 18.6 Å². The highest BCUT2D eigenvalue weighted by Crippen LogP contribution is 2.30. The Morgan fingerprint density at radius 1 is 1.46 bits per heavy atom. The molecule has 0 spiro atoms. The minimum Gasteiger partial charge on any atom is -0.350 e. The van der Waals surface area contributed by atoms with E-state index in [1.807, 2.05) is 17.5 Å². The molecule has 2 atom stereocenters. The average molecular weight is 348 g/mol. The highest BCUT2D eigenvalue weighted by Gasteiger charge is 2.39. The number of rotatable bonds is 5. The molecule has 0 bridgehead atoms. The molecule has 7 nitrogen and oxygen atoms in total. The van der Waals surface area contributed by atoms with Gasteiger partial charge in [0.25, 0.3) is 0 Å². The summed E-state index contributed by atoms with van der Waals surface area (Å²) in [5, 5.41) is 16.6. The Labute approximate surface area is 146 Å². The molecule has 1 amide bonds. The molecular weight excluding hydrogens is 324 g/mol. The van der Waals surface area contributed by atoms with E-state index in [0.717, 1.165) is 19.5 Å². The van der Waals surface area contributed by atoms with Gasteiger partial charge in [0, 0.05) is 18.0 Å². The molecule has 1 fully saturated rings. The molecule has 1 aliphatic heterocycles. The second-order valence-electron chi connectivity index (χ2n) is 7.48. The largest absolute Gasteiger partial charge is 0.350 e. The quantitative estimate of drug-likeness (QED) is 0.890. The molecule has 0 saturated carbocycles. The lowest BCUT2D eigenvalue weighted by molar-refractivity contribution is -0.126. The third-order valence-electron chi connectivity index (χ3n) is 4.12. The zero-order valence-electron chi connectivity index (χ0n) is 14.3. The van der Waals surface area contributed by atoms with E-state index in [1.54, 1.807) is 22.3 Å². The van der Waals surface area contributed by atoms with E-state index >= 15 is 0 Å². The van der Waals surface area contributed by atoms with Crippen molar-refractivity contribution in [2.24, 2.45) is 5.41 Å². The number of carbonyl (C=O) groups excluding carboxylic acids is 1. The zero-order chi connectivity index (χ0) is 17.2. The van der Waals surface area contributed by atoms with Crippen LogP contribution in [-0.2, 0) is 11.3 Å². The lowest BCUT2D eigenvalue weighted by atomic mass is 9.95. The summed E-state index contributed by atoms with van der Waals surface area (Å²) in [5.74, 6) is 0.0863. The van der Waals surface area contributed by atoms with Gasteiger partial charge in [0.15, 0.2) is 0 Å². The number of likely N-dealkylation sites (tertiary alicyclic amines) is 1. The van der Waals surface area contributed by atoms with Crippen molar-refractivity contribution in [2.45, 2.75) is 45.8 Å². The first-order valence-corrected chi connectivity index (χ1v) is 9.07. The molecule has 0 aromatic carbocycles. The maximum atomic E-state index is 12.7. The van der Waals surface area contributed by atoms with Gasteiger partial charge in [-0.1, -0.05) is 26.8 Å². The number of aromatic nitrogens is 4. The van der Waals surface area contributed by atoms with Crippen molar-refractivity contribution in [1.29, 1.82) is 0 Å². The first-order chi connectivity index (χ1) is 11.4. The zero-order valence-corrected chi connectivity index (χ0v) is 15.2. The van der Waals surface area contributed by atoms with Gasteiger partial charge >= 0.3 is 0 Å². The SMILES string of the molecule is CC(C)(C)CN1C[C@H](n2cnnn2)C[C@H]1C(=O)NCc1cccs1. The summed E-state index contributed by atoms with van der Waals surface area (Å²) in [5.41, 5.74) is 0.127. The number of hydrogen-bond acceptors (Lipinski definition) is 6. The van der Waals surface area contributed by atoms with E-state index in [1.165, 1.54) is 4.88 Å². The van der Waals surface area contributed by atoms with Gasteiger partial charge in [-0.15, -0.1) is 16.4 Å². The average Bonchev–Trinajstić information content (AvgIpc) is 3.24. The van der Waals surface area contributed by atoms with Crippen molar-refractivity contribution < 1.29 is 4.79 Å². The number of amides is 1.